The fourth-order valence-electron chi connectivity index (χ4n) is 2.18. The minimum Gasteiger partial charge on any atom is -0.497 e. The Morgan fingerprint density at radius 1 is 1.20 bits per heavy atom. The fourth-order valence-corrected chi connectivity index (χ4v) is 3.94. The van der Waals surface area contributed by atoms with Gasteiger partial charge in [-0.05, 0) is 37.1 Å². The number of rotatable bonds is 8. The van der Waals surface area contributed by atoms with E-state index in [4.69, 9.17) is 9.84 Å². The average Bonchev–Trinajstić information content (AvgIpc) is 2.47. The maximum atomic E-state index is 12.7. The number of ether oxygens (including phenoxy) is 1. The highest BCUT2D eigenvalue weighted by molar-refractivity contribution is 7.89. The SMILES string of the molecule is CCC(CC)N(CCO)S(=O)(=O)c1ccc(OC)cc1. The number of hydrogen-bond donors (Lipinski definition) is 1. The van der Waals surface area contributed by atoms with E-state index in [1.807, 2.05) is 13.8 Å². The number of benzene rings is 1. The molecule has 1 aromatic rings. The first-order chi connectivity index (χ1) is 9.51. The van der Waals surface area contributed by atoms with E-state index in [1.165, 1.54) is 23.5 Å². The predicted molar refractivity (Wildman–Crippen MR) is 78.3 cm³/mol. The van der Waals surface area contributed by atoms with Gasteiger partial charge in [0.1, 0.15) is 5.75 Å². The van der Waals surface area contributed by atoms with Crippen molar-refractivity contribution in [3.8, 4) is 5.75 Å². The van der Waals surface area contributed by atoms with Gasteiger partial charge in [-0.1, -0.05) is 13.8 Å². The Morgan fingerprint density at radius 2 is 1.75 bits per heavy atom. The van der Waals surface area contributed by atoms with Crippen LogP contribution in [0.1, 0.15) is 26.7 Å². The van der Waals surface area contributed by atoms with Crippen molar-refractivity contribution in [1.29, 1.82) is 0 Å². The molecule has 1 aromatic carbocycles. The van der Waals surface area contributed by atoms with Crippen molar-refractivity contribution in [2.75, 3.05) is 20.3 Å². The molecule has 20 heavy (non-hydrogen) atoms. The normalized spacial score (nSPS) is 12.1. The monoisotopic (exact) mass is 301 g/mol. The van der Waals surface area contributed by atoms with Crippen LogP contribution in [0.3, 0.4) is 0 Å². The summed E-state index contributed by atoms with van der Waals surface area (Å²) < 4.78 is 31.7. The van der Waals surface area contributed by atoms with E-state index in [-0.39, 0.29) is 24.1 Å². The van der Waals surface area contributed by atoms with E-state index in [1.54, 1.807) is 12.1 Å². The summed E-state index contributed by atoms with van der Waals surface area (Å²) in [5.74, 6) is 0.611. The van der Waals surface area contributed by atoms with E-state index in [9.17, 15) is 8.42 Å². The zero-order chi connectivity index (χ0) is 15.2. The molecule has 0 unspecified atom stereocenters. The Kier molecular flexibility index (Phi) is 6.45. The van der Waals surface area contributed by atoms with E-state index in [0.717, 1.165) is 0 Å². The van der Waals surface area contributed by atoms with Gasteiger partial charge in [-0.25, -0.2) is 8.42 Å². The first-order valence-electron chi connectivity index (χ1n) is 6.78. The summed E-state index contributed by atoms with van der Waals surface area (Å²) in [5.41, 5.74) is 0. The van der Waals surface area contributed by atoms with Gasteiger partial charge in [0, 0.05) is 12.6 Å². The van der Waals surface area contributed by atoms with Crippen LogP contribution in [0.2, 0.25) is 0 Å². The van der Waals surface area contributed by atoms with E-state index in [2.05, 4.69) is 0 Å². The first kappa shape index (κ1) is 16.9. The van der Waals surface area contributed by atoms with Gasteiger partial charge in [0.2, 0.25) is 10.0 Å². The highest BCUT2D eigenvalue weighted by atomic mass is 32.2. The lowest BCUT2D eigenvalue weighted by Gasteiger charge is -2.29. The minimum atomic E-state index is -3.59. The zero-order valence-electron chi connectivity index (χ0n) is 12.2. The van der Waals surface area contributed by atoms with E-state index in [0.29, 0.717) is 18.6 Å². The fraction of sp³-hybridized carbons (Fsp3) is 0.571. The van der Waals surface area contributed by atoms with Gasteiger partial charge < -0.3 is 9.84 Å². The molecule has 5 nitrogen and oxygen atoms in total. The van der Waals surface area contributed by atoms with Crippen LogP contribution in [0.4, 0.5) is 0 Å². The molecule has 0 fully saturated rings. The molecular formula is C14H23NO4S. The van der Waals surface area contributed by atoms with Crippen LogP contribution >= 0.6 is 0 Å². The first-order valence-corrected chi connectivity index (χ1v) is 8.22. The van der Waals surface area contributed by atoms with Crippen molar-refractivity contribution >= 4 is 10.0 Å². The third-order valence-electron chi connectivity index (χ3n) is 3.34. The molecule has 0 heterocycles. The second-order valence-electron chi connectivity index (χ2n) is 4.49. The molecule has 0 saturated carbocycles. The Labute approximate surface area is 121 Å². The van der Waals surface area contributed by atoms with Gasteiger partial charge >= 0.3 is 0 Å². The quantitative estimate of drug-likeness (QED) is 0.796. The summed E-state index contributed by atoms with van der Waals surface area (Å²) in [4.78, 5) is 0.221. The number of sulfonamides is 1. The highest BCUT2D eigenvalue weighted by Gasteiger charge is 2.29. The molecule has 0 aliphatic carbocycles. The molecule has 0 aliphatic heterocycles. The second-order valence-corrected chi connectivity index (χ2v) is 6.38. The molecule has 6 heteroatoms. The zero-order valence-corrected chi connectivity index (χ0v) is 13.1. The van der Waals surface area contributed by atoms with Crippen LogP contribution in [-0.4, -0.2) is 44.1 Å². The Morgan fingerprint density at radius 3 is 2.15 bits per heavy atom. The van der Waals surface area contributed by atoms with Crippen LogP contribution in [0.5, 0.6) is 5.75 Å². The smallest absolute Gasteiger partial charge is 0.243 e. The van der Waals surface area contributed by atoms with Crippen LogP contribution < -0.4 is 4.74 Å². The second kappa shape index (κ2) is 7.61. The standard InChI is InChI=1S/C14H23NO4S/c1-4-12(5-2)15(10-11-16)20(17,18)14-8-6-13(19-3)7-9-14/h6-9,12,16H,4-5,10-11H2,1-3H3. The molecule has 114 valence electrons. The number of aliphatic hydroxyl groups is 1. The third kappa shape index (κ3) is 3.71. The summed E-state index contributed by atoms with van der Waals surface area (Å²) in [6.45, 7) is 3.82. The van der Waals surface area contributed by atoms with E-state index >= 15 is 0 Å². The molecule has 0 spiro atoms. The van der Waals surface area contributed by atoms with Crippen molar-refractivity contribution in [1.82, 2.24) is 4.31 Å². The number of hydrogen-bond acceptors (Lipinski definition) is 4. The van der Waals surface area contributed by atoms with Crippen molar-refractivity contribution in [2.45, 2.75) is 37.6 Å². The predicted octanol–water partition coefficient (Wildman–Crippen LogP) is 1.87. The highest BCUT2D eigenvalue weighted by Crippen LogP contribution is 2.23. The molecule has 1 N–H and O–H groups in total. The molecule has 0 saturated heterocycles. The lowest BCUT2D eigenvalue weighted by Crippen LogP contribution is -2.41. The summed E-state index contributed by atoms with van der Waals surface area (Å²) in [7, 11) is -2.06. The average molecular weight is 301 g/mol. The van der Waals surface area contributed by atoms with Crippen LogP contribution in [-0.2, 0) is 10.0 Å². The van der Waals surface area contributed by atoms with Gasteiger partial charge in [-0.2, -0.15) is 4.31 Å². The summed E-state index contributed by atoms with van der Waals surface area (Å²) >= 11 is 0. The Balaban J connectivity index is 3.14. The lowest BCUT2D eigenvalue weighted by atomic mass is 10.2. The Bertz CT molecular complexity index is 494. The number of nitrogens with zero attached hydrogens (tertiary/aromatic N) is 1. The molecule has 0 aromatic heterocycles. The van der Waals surface area contributed by atoms with Crippen LogP contribution in [0.25, 0.3) is 0 Å². The third-order valence-corrected chi connectivity index (χ3v) is 5.30. The van der Waals surface area contributed by atoms with Gasteiger partial charge in [0.15, 0.2) is 0 Å². The van der Waals surface area contributed by atoms with Crippen molar-refractivity contribution in [3.63, 3.8) is 0 Å². The summed E-state index contributed by atoms with van der Waals surface area (Å²) in [6, 6.07) is 6.20. The maximum Gasteiger partial charge on any atom is 0.243 e. The lowest BCUT2D eigenvalue weighted by molar-refractivity contribution is 0.219. The van der Waals surface area contributed by atoms with Gasteiger partial charge in [0.05, 0.1) is 18.6 Å². The minimum absolute atomic E-state index is 0.103. The van der Waals surface area contributed by atoms with Gasteiger partial charge in [0.25, 0.3) is 0 Å². The van der Waals surface area contributed by atoms with Crippen molar-refractivity contribution in [2.24, 2.45) is 0 Å². The molecule has 0 atom stereocenters. The van der Waals surface area contributed by atoms with Crippen LogP contribution in [0, 0.1) is 0 Å². The molecule has 0 aliphatic rings. The van der Waals surface area contributed by atoms with Crippen LogP contribution in [0.15, 0.2) is 29.2 Å². The number of methoxy groups -OCH3 is 1. The number of aliphatic hydroxyl groups excluding tert-OH is 1. The molecule has 0 bridgehead atoms. The molecule has 0 radical (unpaired) electrons. The van der Waals surface area contributed by atoms with E-state index < -0.39 is 10.0 Å². The van der Waals surface area contributed by atoms with Gasteiger partial charge in [-0.3, -0.25) is 0 Å². The topological polar surface area (TPSA) is 66.8 Å². The van der Waals surface area contributed by atoms with Crippen molar-refractivity contribution < 1.29 is 18.3 Å². The summed E-state index contributed by atoms with van der Waals surface area (Å²) in [5, 5.41) is 9.14. The molecule has 1 rings (SSSR count). The largest absolute Gasteiger partial charge is 0.497 e. The summed E-state index contributed by atoms with van der Waals surface area (Å²) in [6.07, 6.45) is 1.43. The van der Waals surface area contributed by atoms with Gasteiger partial charge in [-0.15, -0.1) is 0 Å². The molecule has 0 amide bonds. The Hall–Kier alpha value is -1.11. The van der Waals surface area contributed by atoms with Crippen molar-refractivity contribution in [3.05, 3.63) is 24.3 Å². The maximum absolute atomic E-state index is 12.7. The molecular weight excluding hydrogens is 278 g/mol.